The summed E-state index contributed by atoms with van der Waals surface area (Å²) in [5, 5.41) is 22.3. The third-order valence-corrected chi connectivity index (χ3v) is 2.38. The summed E-state index contributed by atoms with van der Waals surface area (Å²) in [5.74, 6) is 0. The van der Waals surface area contributed by atoms with Crippen molar-refractivity contribution in [1.29, 1.82) is 0 Å². The Bertz CT molecular complexity index is 384. The fourth-order valence-corrected chi connectivity index (χ4v) is 1.34. The summed E-state index contributed by atoms with van der Waals surface area (Å²) < 4.78 is 0. The Morgan fingerprint density at radius 2 is 2.00 bits per heavy atom. The van der Waals surface area contributed by atoms with Crippen molar-refractivity contribution in [2.75, 3.05) is 18.5 Å². The number of nitrogens with one attached hydrogen (secondary N) is 1. The highest BCUT2D eigenvalue weighted by atomic mass is 35.5. The van der Waals surface area contributed by atoms with Crippen LogP contribution in [0.5, 0.6) is 0 Å². The van der Waals surface area contributed by atoms with Crippen molar-refractivity contribution >= 4 is 34.6 Å². The van der Waals surface area contributed by atoms with Crippen LogP contribution in [0.3, 0.4) is 0 Å². The minimum atomic E-state index is -0.568. The first-order valence-electron chi connectivity index (χ1n) is 4.04. The lowest BCUT2D eigenvalue weighted by atomic mass is 10.2. The molecule has 0 spiro atoms. The van der Waals surface area contributed by atoms with E-state index in [9.17, 15) is 10.1 Å². The van der Waals surface area contributed by atoms with Crippen LogP contribution in [-0.4, -0.2) is 23.2 Å². The number of aliphatic hydroxyl groups is 1. The maximum Gasteiger partial charge on any atom is 0.293 e. The maximum absolute atomic E-state index is 10.6. The van der Waals surface area contributed by atoms with Crippen LogP contribution >= 0.6 is 23.2 Å². The molecule has 7 heteroatoms. The highest BCUT2D eigenvalue weighted by Crippen LogP contribution is 2.33. The predicted octanol–water partition coefficient (Wildman–Crippen LogP) is 2.31. The average molecular weight is 251 g/mol. The van der Waals surface area contributed by atoms with E-state index in [4.69, 9.17) is 28.3 Å². The van der Waals surface area contributed by atoms with E-state index in [2.05, 4.69) is 5.32 Å². The third-order valence-electron chi connectivity index (χ3n) is 1.66. The van der Waals surface area contributed by atoms with Crippen molar-refractivity contribution in [2.45, 2.75) is 0 Å². The SMILES string of the molecule is O=[N+]([O-])c1cc(Cl)c(Cl)cc1NCCO. The molecule has 0 aliphatic carbocycles. The number of anilines is 1. The van der Waals surface area contributed by atoms with E-state index >= 15 is 0 Å². The third kappa shape index (κ3) is 2.95. The van der Waals surface area contributed by atoms with Gasteiger partial charge < -0.3 is 10.4 Å². The average Bonchev–Trinajstić information content (AvgIpc) is 2.19. The number of aliphatic hydroxyl groups excluding tert-OH is 1. The van der Waals surface area contributed by atoms with Crippen molar-refractivity contribution in [3.05, 3.63) is 32.3 Å². The quantitative estimate of drug-likeness (QED) is 0.635. The van der Waals surface area contributed by atoms with Crippen molar-refractivity contribution in [3.8, 4) is 0 Å². The van der Waals surface area contributed by atoms with E-state index in [1.54, 1.807) is 0 Å². The zero-order chi connectivity index (χ0) is 11.4. The second kappa shape index (κ2) is 5.16. The molecule has 82 valence electrons. The number of nitro benzene ring substituents is 1. The molecule has 0 fully saturated rings. The molecule has 0 atom stereocenters. The Morgan fingerprint density at radius 1 is 1.40 bits per heavy atom. The van der Waals surface area contributed by atoms with Crippen LogP contribution in [-0.2, 0) is 0 Å². The number of hydrogen-bond acceptors (Lipinski definition) is 4. The summed E-state index contributed by atoms with van der Waals surface area (Å²) in [6.45, 7) is 0.0796. The first-order valence-corrected chi connectivity index (χ1v) is 4.80. The van der Waals surface area contributed by atoms with E-state index in [0.29, 0.717) is 0 Å². The lowest BCUT2D eigenvalue weighted by Gasteiger charge is -2.06. The molecule has 1 aromatic rings. The van der Waals surface area contributed by atoms with E-state index in [0.717, 1.165) is 0 Å². The van der Waals surface area contributed by atoms with Gasteiger partial charge in [-0.2, -0.15) is 0 Å². The first-order chi connectivity index (χ1) is 7.06. The predicted molar refractivity (Wildman–Crippen MR) is 58.7 cm³/mol. The van der Waals surface area contributed by atoms with Crippen LogP contribution in [0.15, 0.2) is 12.1 Å². The Kier molecular flexibility index (Phi) is 4.14. The van der Waals surface area contributed by atoms with E-state index < -0.39 is 4.92 Å². The Labute approximate surface area is 95.8 Å². The number of hydrogen-bond donors (Lipinski definition) is 2. The minimum Gasteiger partial charge on any atom is -0.395 e. The molecule has 0 saturated heterocycles. The van der Waals surface area contributed by atoms with Crippen molar-refractivity contribution < 1.29 is 10.0 Å². The van der Waals surface area contributed by atoms with Crippen LogP contribution in [0.4, 0.5) is 11.4 Å². The topological polar surface area (TPSA) is 75.4 Å². The molecule has 5 nitrogen and oxygen atoms in total. The van der Waals surface area contributed by atoms with Gasteiger partial charge in [-0.15, -0.1) is 0 Å². The lowest BCUT2D eigenvalue weighted by Crippen LogP contribution is -2.07. The van der Waals surface area contributed by atoms with E-state index in [1.165, 1.54) is 12.1 Å². The molecule has 2 N–H and O–H groups in total. The standard InChI is InChI=1S/C8H8Cl2N2O3/c9-5-3-7(11-1-2-13)8(12(14)15)4-6(5)10/h3-4,11,13H,1-2H2. The largest absolute Gasteiger partial charge is 0.395 e. The lowest BCUT2D eigenvalue weighted by molar-refractivity contribution is -0.383. The van der Waals surface area contributed by atoms with Gasteiger partial charge in [-0.25, -0.2) is 0 Å². The van der Waals surface area contributed by atoms with Gasteiger partial charge in [0.1, 0.15) is 5.69 Å². The molecule has 0 bridgehead atoms. The van der Waals surface area contributed by atoms with Crippen LogP contribution in [0.25, 0.3) is 0 Å². The fourth-order valence-electron chi connectivity index (χ4n) is 1.02. The van der Waals surface area contributed by atoms with Crippen molar-refractivity contribution in [2.24, 2.45) is 0 Å². The second-order valence-corrected chi connectivity index (χ2v) is 3.51. The zero-order valence-electron chi connectivity index (χ0n) is 7.54. The van der Waals surface area contributed by atoms with Gasteiger partial charge in [-0.1, -0.05) is 23.2 Å². The number of halogens is 2. The van der Waals surface area contributed by atoms with Gasteiger partial charge in [-0.3, -0.25) is 10.1 Å². The van der Waals surface area contributed by atoms with Crippen LogP contribution in [0.2, 0.25) is 10.0 Å². The molecular formula is C8H8Cl2N2O3. The normalized spacial score (nSPS) is 10.1. The molecule has 0 unspecified atom stereocenters. The summed E-state index contributed by atoms with van der Waals surface area (Å²) in [4.78, 5) is 10.1. The highest BCUT2D eigenvalue weighted by Gasteiger charge is 2.16. The van der Waals surface area contributed by atoms with Crippen molar-refractivity contribution in [1.82, 2.24) is 0 Å². The van der Waals surface area contributed by atoms with Crippen LogP contribution in [0, 0.1) is 10.1 Å². The van der Waals surface area contributed by atoms with Gasteiger partial charge in [0.25, 0.3) is 5.69 Å². The molecule has 0 amide bonds. The molecule has 15 heavy (non-hydrogen) atoms. The summed E-state index contributed by atoms with van der Waals surface area (Å²) in [6, 6.07) is 2.53. The Balaban J connectivity index is 3.10. The smallest absolute Gasteiger partial charge is 0.293 e. The van der Waals surface area contributed by atoms with Crippen LogP contribution < -0.4 is 5.32 Å². The van der Waals surface area contributed by atoms with Crippen LogP contribution in [0.1, 0.15) is 0 Å². The molecule has 0 aliphatic rings. The van der Waals surface area contributed by atoms with Gasteiger partial charge in [0.15, 0.2) is 0 Å². The fraction of sp³-hybridized carbons (Fsp3) is 0.250. The number of nitrogens with zero attached hydrogens (tertiary/aromatic N) is 1. The van der Waals surface area contributed by atoms with Gasteiger partial charge in [0.2, 0.25) is 0 Å². The number of benzene rings is 1. The molecule has 0 aromatic heterocycles. The molecule has 1 rings (SSSR count). The molecule has 0 saturated carbocycles. The van der Waals surface area contributed by atoms with Gasteiger partial charge in [0, 0.05) is 12.6 Å². The highest BCUT2D eigenvalue weighted by molar-refractivity contribution is 6.42. The van der Waals surface area contributed by atoms with Crippen molar-refractivity contribution in [3.63, 3.8) is 0 Å². The number of rotatable bonds is 4. The molecular weight excluding hydrogens is 243 g/mol. The first kappa shape index (κ1) is 12.0. The van der Waals surface area contributed by atoms with Gasteiger partial charge in [-0.05, 0) is 6.07 Å². The van der Waals surface area contributed by atoms with E-state index in [-0.39, 0.29) is 34.6 Å². The summed E-state index contributed by atoms with van der Waals surface area (Å²) >= 11 is 11.4. The zero-order valence-corrected chi connectivity index (χ0v) is 9.05. The summed E-state index contributed by atoms with van der Waals surface area (Å²) in [7, 11) is 0. The summed E-state index contributed by atoms with van der Waals surface area (Å²) in [5.41, 5.74) is 0.0706. The molecule has 0 heterocycles. The maximum atomic E-state index is 10.6. The summed E-state index contributed by atoms with van der Waals surface area (Å²) in [6.07, 6.45) is 0. The van der Waals surface area contributed by atoms with Gasteiger partial charge >= 0.3 is 0 Å². The Hall–Kier alpha value is -1.04. The minimum absolute atomic E-state index is 0.123. The number of nitro groups is 1. The second-order valence-electron chi connectivity index (χ2n) is 2.69. The Morgan fingerprint density at radius 3 is 2.53 bits per heavy atom. The molecule has 0 aliphatic heterocycles. The molecule has 1 aromatic carbocycles. The molecule has 0 radical (unpaired) electrons. The van der Waals surface area contributed by atoms with Gasteiger partial charge in [0.05, 0.1) is 21.6 Å². The van der Waals surface area contributed by atoms with E-state index in [1.807, 2.05) is 0 Å². The monoisotopic (exact) mass is 250 g/mol.